The van der Waals surface area contributed by atoms with Crippen LogP contribution in [0.5, 0.6) is 0 Å². The number of nitrogen functional groups attached to an aromatic ring is 1. The number of nitrogens with two attached hydrogens (primary N) is 1. The van der Waals surface area contributed by atoms with Crippen LogP contribution in [0.15, 0.2) is 18.2 Å². The lowest BCUT2D eigenvalue weighted by Gasteiger charge is -2.39. The van der Waals surface area contributed by atoms with Crippen LogP contribution in [0.1, 0.15) is 35.7 Å². The molecule has 5 heteroatoms. The van der Waals surface area contributed by atoms with Gasteiger partial charge in [0.2, 0.25) is 0 Å². The van der Waals surface area contributed by atoms with Crippen molar-refractivity contribution < 1.29 is 9.53 Å². The molecule has 5 nitrogen and oxygen atoms in total. The Hall–Kier alpha value is -1.59. The summed E-state index contributed by atoms with van der Waals surface area (Å²) in [5.41, 5.74) is 4.66. The first-order valence-corrected chi connectivity index (χ1v) is 6.91. The second-order valence-corrected chi connectivity index (χ2v) is 5.68. The lowest BCUT2D eigenvalue weighted by Crippen LogP contribution is -2.49. The Morgan fingerprint density at radius 1 is 1.50 bits per heavy atom. The van der Waals surface area contributed by atoms with Crippen LogP contribution in [0.4, 0.5) is 5.69 Å². The van der Waals surface area contributed by atoms with Crippen LogP contribution >= 0.6 is 0 Å². The maximum atomic E-state index is 12.7. The SMILES string of the molecule is COC1(C)CCCN(C(=O)c2cc(C)ccc2NN)C1. The molecule has 3 N–H and O–H groups in total. The number of nitrogens with zero attached hydrogens (tertiary/aromatic N) is 1. The summed E-state index contributed by atoms with van der Waals surface area (Å²) < 4.78 is 5.54. The number of likely N-dealkylation sites (tertiary alicyclic amines) is 1. The molecule has 0 aromatic heterocycles. The van der Waals surface area contributed by atoms with Crippen molar-refractivity contribution >= 4 is 11.6 Å². The number of anilines is 1. The molecule has 1 aromatic rings. The van der Waals surface area contributed by atoms with Gasteiger partial charge in [-0.25, -0.2) is 0 Å². The van der Waals surface area contributed by atoms with Crippen molar-refractivity contribution in [3.05, 3.63) is 29.3 Å². The molecule has 110 valence electrons. The fourth-order valence-corrected chi connectivity index (χ4v) is 2.68. The number of hydrogen-bond donors (Lipinski definition) is 2. The smallest absolute Gasteiger partial charge is 0.256 e. The minimum Gasteiger partial charge on any atom is -0.377 e. The lowest BCUT2D eigenvalue weighted by molar-refractivity contribution is -0.0439. The summed E-state index contributed by atoms with van der Waals surface area (Å²) in [4.78, 5) is 14.6. The molecular formula is C15H23N3O2. The Bertz CT molecular complexity index is 504. The normalized spacial score (nSPS) is 22.7. The maximum Gasteiger partial charge on any atom is 0.256 e. The molecule has 0 saturated carbocycles. The number of amides is 1. The molecule has 1 aliphatic heterocycles. The molecular weight excluding hydrogens is 254 g/mol. The van der Waals surface area contributed by atoms with Crippen molar-refractivity contribution in [1.29, 1.82) is 0 Å². The van der Waals surface area contributed by atoms with E-state index in [-0.39, 0.29) is 11.5 Å². The minimum absolute atomic E-state index is 0.00428. The van der Waals surface area contributed by atoms with E-state index in [9.17, 15) is 4.79 Å². The number of carbonyl (C=O) groups excluding carboxylic acids is 1. The maximum absolute atomic E-state index is 12.7. The molecule has 0 radical (unpaired) electrons. The number of nitrogens with one attached hydrogen (secondary N) is 1. The Kier molecular flexibility index (Phi) is 4.30. The molecule has 20 heavy (non-hydrogen) atoms. The van der Waals surface area contributed by atoms with Gasteiger partial charge in [-0.1, -0.05) is 11.6 Å². The van der Waals surface area contributed by atoms with E-state index in [2.05, 4.69) is 5.43 Å². The molecule has 2 rings (SSSR count). The summed E-state index contributed by atoms with van der Waals surface area (Å²) in [7, 11) is 1.70. The van der Waals surface area contributed by atoms with Crippen LogP contribution in [0, 0.1) is 6.92 Å². The number of methoxy groups -OCH3 is 1. The monoisotopic (exact) mass is 277 g/mol. The molecule has 1 unspecified atom stereocenters. The van der Waals surface area contributed by atoms with Crippen molar-refractivity contribution in [2.45, 2.75) is 32.3 Å². The molecule has 1 aliphatic rings. The van der Waals surface area contributed by atoms with E-state index in [0.717, 1.165) is 24.9 Å². The van der Waals surface area contributed by atoms with Gasteiger partial charge >= 0.3 is 0 Å². The van der Waals surface area contributed by atoms with Gasteiger partial charge in [-0.15, -0.1) is 0 Å². The fourth-order valence-electron chi connectivity index (χ4n) is 2.68. The van der Waals surface area contributed by atoms with Gasteiger partial charge in [0, 0.05) is 20.2 Å². The molecule has 1 fully saturated rings. The molecule has 1 aromatic carbocycles. The molecule has 0 aliphatic carbocycles. The number of aryl methyl sites for hydroxylation is 1. The summed E-state index contributed by atoms with van der Waals surface area (Å²) in [6, 6.07) is 5.64. The number of rotatable bonds is 3. The Morgan fingerprint density at radius 2 is 2.25 bits per heavy atom. The topological polar surface area (TPSA) is 67.6 Å². The number of hydrogen-bond acceptors (Lipinski definition) is 4. The first-order valence-electron chi connectivity index (χ1n) is 6.91. The highest BCUT2D eigenvalue weighted by Gasteiger charge is 2.33. The number of hydrazine groups is 1. The predicted octanol–water partition coefficient (Wildman–Crippen LogP) is 1.92. The van der Waals surface area contributed by atoms with Gasteiger partial charge in [-0.3, -0.25) is 10.6 Å². The molecule has 1 saturated heterocycles. The van der Waals surface area contributed by atoms with Crippen LogP contribution in [0.3, 0.4) is 0 Å². The van der Waals surface area contributed by atoms with Gasteiger partial charge in [0.05, 0.1) is 16.9 Å². The Balaban J connectivity index is 2.25. The summed E-state index contributed by atoms with van der Waals surface area (Å²) >= 11 is 0. The van der Waals surface area contributed by atoms with Crippen LogP contribution in [-0.2, 0) is 4.74 Å². The zero-order chi connectivity index (χ0) is 14.8. The molecule has 1 heterocycles. The van der Waals surface area contributed by atoms with Crippen molar-refractivity contribution in [2.24, 2.45) is 5.84 Å². The fraction of sp³-hybridized carbons (Fsp3) is 0.533. The number of carbonyl (C=O) groups is 1. The average Bonchev–Trinajstić information content (AvgIpc) is 2.46. The van der Waals surface area contributed by atoms with Crippen LogP contribution in [0.2, 0.25) is 0 Å². The van der Waals surface area contributed by atoms with Crippen molar-refractivity contribution in [1.82, 2.24) is 4.90 Å². The van der Waals surface area contributed by atoms with Gasteiger partial charge in [0.15, 0.2) is 0 Å². The Morgan fingerprint density at radius 3 is 2.90 bits per heavy atom. The quantitative estimate of drug-likeness (QED) is 0.654. The summed E-state index contributed by atoms with van der Waals surface area (Å²) in [6.45, 7) is 5.38. The molecule has 1 amide bonds. The van der Waals surface area contributed by atoms with E-state index in [1.165, 1.54) is 0 Å². The third kappa shape index (κ3) is 2.94. The van der Waals surface area contributed by atoms with Gasteiger partial charge in [0.1, 0.15) is 0 Å². The molecule has 0 bridgehead atoms. The highest BCUT2D eigenvalue weighted by molar-refractivity contribution is 5.99. The van der Waals surface area contributed by atoms with Crippen LogP contribution < -0.4 is 11.3 Å². The second-order valence-electron chi connectivity index (χ2n) is 5.68. The Labute approximate surface area is 120 Å². The zero-order valence-corrected chi connectivity index (χ0v) is 12.4. The van der Waals surface area contributed by atoms with E-state index in [1.54, 1.807) is 7.11 Å². The zero-order valence-electron chi connectivity index (χ0n) is 12.4. The van der Waals surface area contributed by atoms with E-state index in [4.69, 9.17) is 10.6 Å². The first kappa shape index (κ1) is 14.8. The van der Waals surface area contributed by atoms with Gasteiger partial charge in [-0.05, 0) is 38.8 Å². The average molecular weight is 277 g/mol. The third-order valence-electron chi connectivity index (χ3n) is 4.00. The van der Waals surface area contributed by atoms with Gasteiger partial charge < -0.3 is 15.1 Å². The van der Waals surface area contributed by atoms with Crippen molar-refractivity contribution in [3.8, 4) is 0 Å². The standard InChI is InChI=1S/C15H23N3O2/c1-11-5-6-13(17-16)12(9-11)14(19)18-8-4-7-15(2,10-18)20-3/h5-6,9,17H,4,7-8,10,16H2,1-3H3. The van der Waals surface area contributed by atoms with E-state index in [0.29, 0.717) is 17.8 Å². The number of ether oxygens (including phenoxy) is 1. The summed E-state index contributed by atoms with van der Waals surface area (Å²) in [5.74, 6) is 5.51. The van der Waals surface area contributed by atoms with E-state index >= 15 is 0 Å². The van der Waals surface area contributed by atoms with Crippen molar-refractivity contribution in [2.75, 3.05) is 25.6 Å². The number of benzene rings is 1. The lowest BCUT2D eigenvalue weighted by atomic mass is 9.94. The summed E-state index contributed by atoms with van der Waals surface area (Å²) in [5, 5.41) is 0. The van der Waals surface area contributed by atoms with Crippen LogP contribution in [0.25, 0.3) is 0 Å². The van der Waals surface area contributed by atoms with Gasteiger partial charge in [0.25, 0.3) is 5.91 Å². The van der Waals surface area contributed by atoms with Crippen LogP contribution in [-0.4, -0.2) is 36.6 Å². The van der Waals surface area contributed by atoms with E-state index in [1.807, 2.05) is 36.9 Å². The van der Waals surface area contributed by atoms with E-state index < -0.39 is 0 Å². The molecule has 1 atom stereocenters. The first-order chi connectivity index (χ1) is 9.49. The highest BCUT2D eigenvalue weighted by Crippen LogP contribution is 2.26. The highest BCUT2D eigenvalue weighted by atomic mass is 16.5. The largest absolute Gasteiger partial charge is 0.377 e. The minimum atomic E-state index is -0.256. The summed E-state index contributed by atoms with van der Waals surface area (Å²) in [6.07, 6.45) is 1.93. The van der Waals surface area contributed by atoms with Gasteiger partial charge in [-0.2, -0.15) is 0 Å². The molecule has 0 spiro atoms. The third-order valence-corrected chi connectivity index (χ3v) is 4.00. The van der Waals surface area contributed by atoms with Crippen molar-refractivity contribution in [3.63, 3.8) is 0 Å². The number of piperidine rings is 1. The second kappa shape index (κ2) is 5.81. The predicted molar refractivity (Wildman–Crippen MR) is 79.5 cm³/mol.